The Morgan fingerprint density at radius 1 is 1.36 bits per heavy atom. The van der Waals surface area contributed by atoms with Gasteiger partial charge >= 0.3 is 5.97 Å². The van der Waals surface area contributed by atoms with Gasteiger partial charge in [0.2, 0.25) is 0 Å². The molecule has 0 aromatic heterocycles. The topological polar surface area (TPSA) is 46.5 Å². The van der Waals surface area contributed by atoms with E-state index in [9.17, 15) is 4.79 Å². The number of rotatable bonds is 3. The minimum atomic E-state index is -0.772. The van der Waals surface area contributed by atoms with Gasteiger partial charge in [0.05, 0.1) is 12.0 Å². The molecule has 0 bridgehead atoms. The van der Waals surface area contributed by atoms with E-state index < -0.39 is 5.97 Å². The van der Waals surface area contributed by atoms with Crippen LogP contribution in [-0.4, -0.2) is 24.3 Å². The van der Waals surface area contributed by atoms with Gasteiger partial charge in [-0.25, -0.2) is 0 Å². The summed E-state index contributed by atoms with van der Waals surface area (Å²) in [7, 11) is 1.56. The van der Waals surface area contributed by atoms with E-state index in [1.807, 2.05) is 30.3 Å². The first-order valence-corrected chi connectivity index (χ1v) is 4.56. The fourth-order valence-corrected chi connectivity index (χ4v) is 1.94. The molecular formula is C11H12O3. The van der Waals surface area contributed by atoms with Crippen LogP contribution < -0.4 is 0 Å². The van der Waals surface area contributed by atoms with Crippen molar-refractivity contribution >= 4 is 5.97 Å². The van der Waals surface area contributed by atoms with Crippen LogP contribution in [-0.2, 0) is 9.53 Å². The molecule has 3 heteroatoms. The minimum Gasteiger partial charge on any atom is -0.481 e. The Morgan fingerprint density at radius 3 is 2.43 bits per heavy atom. The van der Waals surface area contributed by atoms with Crippen LogP contribution in [0.4, 0.5) is 0 Å². The Hall–Kier alpha value is -1.35. The Labute approximate surface area is 82.3 Å². The smallest absolute Gasteiger partial charge is 0.309 e. The van der Waals surface area contributed by atoms with Gasteiger partial charge in [0.25, 0.3) is 0 Å². The van der Waals surface area contributed by atoms with E-state index in [0.29, 0.717) is 0 Å². The van der Waals surface area contributed by atoms with Crippen LogP contribution in [0.15, 0.2) is 30.3 Å². The van der Waals surface area contributed by atoms with Crippen molar-refractivity contribution in [1.82, 2.24) is 0 Å². The standard InChI is InChI=1S/C11H12O3/c1-14-10-8(9(10)11(12)13)7-5-3-2-4-6-7/h2-6,8-10H,1H3,(H,12,13)/t8-,9+,10+/m0/s1. The first kappa shape index (κ1) is 9.21. The maximum Gasteiger partial charge on any atom is 0.309 e. The van der Waals surface area contributed by atoms with Crippen LogP contribution in [0.3, 0.4) is 0 Å². The molecule has 1 fully saturated rings. The van der Waals surface area contributed by atoms with E-state index in [4.69, 9.17) is 9.84 Å². The van der Waals surface area contributed by atoms with Crippen LogP contribution in [0.1, 0.15) is 11.5 Å². The maximum absolute atomic E-state index is 10.8. The number of hydrogen-bond acceptors (Lipinski definition) is 2. The van der Waals surface area contributed by atoms with Crippen molar-refractivity contribution in [3.63, 3.8) is 0 Å². The van der Waals surface area contributed by atoms with Crippen LogP contribution >= 0.6 is 0 Å². The summed E-state index contributed by atoms with van der Waals surface area (Å²) in [5.74, 6) is -1.12. The fraction of sp³-hybridized carbons (Fsp3) is 0.364. The zero-order valence-corrected chi connectivity index (χ0v) is 7.88. The predicted molar refractivity (Wildman–Crippen MR) is 51.1 cm³/mol. The highest BCUT2D eigenvalue weighted by Gasteiger charge is 2.56. The van der Waals surface area contributed by atoms with Crippen molar-refractivity contribution in [3.8, 4) is 0 Å². The lowest BCUT2D eigenvalue weighted by Crippen LogP contribution is -2.02. The van der Waals surface area contributed by atoms with E-state index in [1.165, 1.54) is 0 Å². The normalized spacial score (nSPS) is 29.9. The summed E-state index contributed by atoms with van der Waals surface area (Å²) in [5, 5.41) is 8.91. The molecular weight excluding hydrogens is 180 g/mol. The minimum absolute atomic E-state index is 0.0266. The van der Waals surface area contributed by atoms with Crippen molar-refractivity contribution in [2.45, 2.75) is 12.0 Å². The van der Waals surface area contributed by atoms with Crippen molar-refractivity contribution in [3.05, 3.63) is 35.9 Å². The third-order valence-electron chi connectivity index (χ3n) is 2.70. The number of carbonyl (C=O) groups is 1. The Bertz CT molecular complexity index is 334. The third-order valence-corrected chi connectivity index (χ3v) is 2.70. The van der Waals surface area contributed by atoms with Gasteiger partial charge in [-0.15, -0.1) is 0 Å². The lowest BCUT2D eigenvalue weighted by Gasteiger charge is -1.96. The number of benzene rings is 1. The lowest BCUT2D eigenvalue weighted by atomic mass is 10.1. The number of carboxylic acids is 1. The Morgan fingerprint density at radius 2 is 2.00 bits per heavy atom. The molecule has 0 saturated heterocycles. The van der Waals surface area contributed by atoms with Gasteiger partial charge < -0.3 is 9.84 Å². The van der Waals surface area contributed by atoms with Crippen LogP contribution in [0.5, 0.6) is 0 Å². The summed E-state index contributed by atoms with van der Waals surface area (Å²) in [6.07, 6.45) is -0.158. The summed E-state index contributed by atoms with van der Waals surface area (Å²) in [6, 6.07) is 9.64. The summed E-state index contributed by atoms with van der Waals surface area (Å²) >= 11 is 0. The van der Waals surface area contributed by atoms with Gasteiger partial charge in [0.15, 0.2) is 0 Å². The average molecular weight is 192 g/mol. The van der Waals surface area contributed by atoms with Gasteiger partial charge in [0.1, 0.15) is 0 Å². The van der Waals surface area contributed by atoms with Gasteiger partial charge in [-0.1, -0.05) is 30.3 Å². The van der Waals surface area contributed by atoms with Crippen LogP contribution in [0.2, 0.25) is 0 Å². The Balaban J connectivity index is 2.18. The van der Waals surface area contributed by atoms with Gasteiger partial charge in [0, 0.05) is 13.0 Å². The summed E-state index contributed by atoms with van der Waals surface area (Å²) < 4.78 is 5.12. The van der Waals surface area contributed by atoms with E-state index >= 15 is 0 Å². The second kappa shape index (κ2) is 3.42. The summed E-state index contributed by atoms with van der Waals surface area (Å²) in [6.45, 7) is 0. The second-order valence-electron chi connectivity index (χ2n) is 3.50. The van der Waals surface area contributed by atoms with Crippen molar-refractivity contribution in [2.75, 3.05) is 7.11 Å². The van der Waals surface area contributed by atoms with Gasteiger partial charge in [-0.2, -0.15) is 0 Å². The molecule has 3 atom stereocenters. The summed E-state index contributed by atoms with van der Waals surface area (Å²) in [5.41, 5.74) is 1.05. The largest absolute Gasteiger partial charge is 0.481 e. The first-order chi connectivity index (χ1) is 6.75. The molecule has 1 aliphatic rings. The molecule has 0 amide bonds. The lowest BCUT2D eigenvalue weighted by molar-refractivity contribution is -0.139. The number of ether oxygens (including phenoxy) is 1. The van der Waals surface area contributed by atoms with Crippen molar-refractivity contribution in [1.29, 1.82) is 0 Å². The van der Waals surface area contributed by atoms with Crippen molar-refractivity contribution in [2.24, 2.45) is 5.92 Å². The van der Waals surface area contributed by atoms with E-state index in [0.717, 1.165) is 5.56 Å². The van der Waals surface area contributed by atoms with E-state index in [1.54, 1.807) is 7.11 Å². The molecule has 2 rings (SSSR count). The molecule has 1 aliphatic carbocycles. The second-order valence-corrected chi connectivity index (χ2v) is 3.50. The Kier molecular flexibility index (Phi) is 2.25. The molecule has 14 heavy (non-hydrogen) atoms. The zero-order chi connectivity index (χ0) is 10.1. The van der Waals surface area contributed by atoms with E-state index in [-0.39, 0.29) is 17.9 Å². The fourth-order valence-electron chi connectivity index (χ4n) is 1.94. The molecule has 1 aromatic carbocycles. The quantitative estimate of drug-likeness (QED) is 0.789. The molecule has 0 heterocycles. The molecule has 1 aromatic rings. The zero-order valence-electron chi connectivity index (χ0n) is 7.88. The number of carboxylic acid groups (broad SMARTS) is 1. The molecule has 74 valence electrons. The van der Waals surface area contributed by atoms with E-state index in [2.05, 4.69) is 0 Å². The predicted octanol–water partition coefficient (Wildman–Crippen LogP) is 1.50. The number of aliphatic carboxylic acids is 1. The number of hydrogen-bond donors (Lipinski definition) is 1. The SMILES string of the molecule is CO[C@H]1[C@H](C(=O)O)[C@@H]1c1ccccc1. The molecule has 0 radical (unpaired) electrons. The third kappa shape index (κ3) is 1.40. The molecule has 3 nitrogen and oxygen atoms in total. The highest BCUT2D eigenvalue weighted by molar-refractivity contribution is 5.77. The summed E-state index contributed by atoms with van der Waals surface area (Å²) in [4.78, 5) is 10.8. The van der Waals surface area contributed by atoms with Crippen LogP contribution in [0, 0.1) is 5.92 Å². The maximum atomic E-state index is 10.8. The van der Waals surface area contributed by atoms with Crippen LogP contribution in [0.25, 0.3) is 0 Å². The average Bonchev–Trinajstić information content (AvgIpc) is 2.93. The molecule has 1 N–H and O–H groups in total. The molecule has 0 aliphatic heterocycles. The van der Waals surface area contributed by atoms with Gasteiger partial charge in [-0.3, -0.25) is 4.79 Å². The molecule has 0 spiro atoms. The highest BCUT2D eigenvalue weighted by atomic mass is 16.5. The highest BCUT2D eigenvalue weighted by Crippen LogP contribution is 2.49. The van der Waals surface area contributed by atoms with Crippen molar-refractivity contribution < 1.29 is 14.6 Å². The number of methoxy groups -OCH3 is 1. The monoisotopic (exact) mass is 192 g/mol. The molecule has 0 unspecified atom stereocenters. The first-order valence-electron chi connectivity index (χ1n) is 4.56. The molecule has 1 saturated carbocycles. The van der Waals surface area contributed by atoms with Gasteiger partial charge in [-0.05, 0) is 5.56 Å².